The molecule has 0 saturated heterocycles. The van der Waals surface area contributed by atoms with Crippen LogP contribution in [0, 0.1) is 6.92 Å². The van der Waals surface area contributed by atoms with Gasteiger partial charge in [-0.15, -0.1) is 0 Å². The predicted molar refractivity (Wildman–Crippen MR) is 103 cm³/mol. The van der Waals surface area contributed by atoms with Crippen molar-refractivity contribution in [3.63, 3.8) is 0 Å². The average molecular weight is 348 g/mol. The fourth-order valence-electron chi connectivity index (χ4n) is 3.13. The van der Waals surface area contributed by atoms with Gasteiger partial charge in [-0.1, -0.05) is 37.8 Å². The maximum Gasteiger partial charge on any atom is 0.189 e. The van der Waals surface area contributed by atoms with Crippen LogP contribution in [0.4, 0.5) is 0 Å². The van der Waals surface area contributed by atoms with Crippen molar-refractivity contribution in [3.8, 4) is 5.75 Å². The Morgan fingerprint density at radius 3 is 2.68 bits per heavy atom. The molecule has 5 heteroatoms. The van der Waals surface area contributed by atoms with Crippen LogP contribution < -0.4 is 15.8 Å². The first-order valence-corrected chi connectivity index (χ1v) is 9.55. The molecule has 0 spiro atoms. The first-order chi connectivity index (χ1) is 12.2. The molecule has 2 rings (SSSR count). The molecule has 3 N–H and O–H groups in total. The van der Waals surface area contributed by atoms with Gasteiger partial charge in [-0.05, 0) is 38.3 Å². The van der Waals surface area contributed by atoms with Crippen LogP contribution in [-0.4, -0.2) is 31.8 Å². The molecule has 25 heavy (non-hydrogen) atoms. The van der Waals surface area contributed by atoms with Crippen LogP contribution >= 0.6 is 0 Å². The van der Waals surface area contributed by atoms with Crippen molar-refractivity contribution in [2.45, 2.75) is 65.0 Å². The number of ether oxygens (including phenoxy) is 2. The lowest BCUT2D eigenvalue weighted by Crippen LogP contribution is -2.39. The minimum Gasteiger partial charge on any atom is -0.491 e. The number of nitrogens with two attached hydrogens (primary N) is 1. The van der Waals surface area contributed by atoms with Crippen LogP contribution in [0.1, 0.15) is 56.6 Å². The van der Waals surface area contributed by atoms with Gasteiger partial charge in [-0.25, -0.2) is 4.99 Å². The number of aryl methyl sites for hydroxylation is 1. The smallest absolute Gasteiger partial charge is 0.189 e. The summed E-state index contributed by atoms with van der Waals surface area (Å²) in [7, 11) is 0. The molecule has 140 valence electrons. The van der Waals surface area contributed by atoms with Crippen LogP contribution in [0.2, 0.25) is 0 Å². The zero-order chi connectivity index (χ0) is 17.9. The van der Waals surface area contributed by atoms with Crippen molar-refractivity contribution in [2.24, 2.45) is 10.7 Å². The molecule has 0 aliphatic heterocycles. The second-order valence-electron chi connectivity index (χ2n) is 6.69. The number of aliphatic imine (C=N–C) groups is 1. The molecule has 1 aliphatic rings. The first kappa shape index (κ1) is 19.6. The number of benzene rings is 1. The van der Waals surface area contributed by atoms with E-state index in [0.717, 1.165) is 11.3 Å². The Kier molecular flexibility index (Phi) is 8.60. The summed E-state index contributed by atoms with van der Waals surface area (Å²) in [6.45, 7) is 6.41. The molecule has 1 aromatic carbocycles. The summed E-state index contributed by atoms with van der Waals surface area (Å²) >= 11 is 0. The van der Waals surface area contributed by atoms with Gasteiger partial charge in [0, 0.05) is 18.2 Å². The summed E-state index contributed by atoms with van der Waals surface area (Å²) in [6.07, 6.45) is 7.60. The predicted octanol–water partition coefficient (Wildman–Crippen LogP) is 3.54. The summed E-state index contributed by atoms with van der Waals surface area (Å²) in [5.41, 5.74) is 8.32. The highest BCUT2D eigenvalue weighted by atomic mass is 16.5. The van der Waals surface area contributed by atoms with Crippen molar-refractivity contribution in [3.05, 3.63) is 29.3 Å². The Morgan fingerprint density at radius 1 is 1.20 bits per heavy atom. The van der Waals surface area contributed by atoms with Gasteiger partial charge in [0.15, 0.2) is 5.96 Å². The van der Waals surface area contributed by atoms with Crippen molar-refractivity contribution in [2.75, 3.05) is 19.8 Å². The Bertz CT molecular complexity index is 538. The van der Waals surface area contributed by atoms with Crippen LogP contribution in [0.3, 0.4) is 0 Å². The van der Waals surface area contributed by atoms with E-state index in [2.05, 4.69) is 29.4 Å². The molecular weight excluding hydrogens is 314 g/mol. The van der Waals surface area contributed by atoms with E-state index in [4.69, 9.17) is 15.2 Å². The first-order valence-electron chi connectivity index (χ1n) is 9.55. The third-order valence-corrected chi connectivity index (χ3v) is 4.54. The fourth-order valence-corrected chi connectivity index (χ4v) is 3.13. The van der Waals surface area contributed by atoms with Crippen molar-refractivity contribution >= 4 is 5.96 Å². The molecule has 1 saturated carbocycles. The van der Waals surface area contributed by atoms with E-state index in [1.807, 2.05) is 13.0 Å². The maximum atomic E-state index is 6.10. The third-order valence-electron chi connectivity index (χ3n) is 4.54. The quantitative estimate of drug-likeness (QED) is 0.327. The van der Waals surface area contributed by atoms with Crippen LogP contribution in [0.25, 0.3) is 0 Å². The molecule has 0 radical (unpaired) electrons. The minimum absolute atomic E-state index is 0.464. The van der Waals surface area contributed by atoms with Gasteiger partial charge >= 0.3 is 0 Å². The molecular formula is C20H33N3O2. The van der Waals surface area contributed by atoms with Gasteiger partial charge in [0.25, 0.3) is 0 Å². The van der Waals surface area contributed by atoms with E-state index in [1.54, 1.807) is 0 Å². The van der Waals surface area contributed by atoms with Crippen LogP contribution in [0.5, 0.6) is 5.75 Å². The van der Waals surface area contributed by atoms with Gasteiger partial charge in [-0.3, -0.25) is 0 Å². The highest BCUT2D eigenvalue weighted by molar-refractivity contribution is 5.78. The van der Waals surface area contributed by atoms with E-state index in [-0.39, 0.29) is 0 Å². The number of hydrogen-bond donors (Lipinski definition) is 2. The Labute approximate surface area is 152 Å². The van der Waals surface area contributed by atoms with Crippen molar-refractivity contribution in [1.82, 2.24) is 5.32 Å². The number of guanidine groups is 1. The SMILES string of the molecule is CCOCCOc1cc(C)ccc1CN=C(N)NC1CCCCCC1. The maximum absolute atomic E-state index is 6.10. The van der Waals surface area contributed by atoms with Gasteiger partial charge in [-0.2, -0.15) is 0 Å². The average Bonchev–Trinajstić information content (AvgIpc) is 2.86. The lowest BCUT2D eigenvalue weighted by atomic mass is 10.1. The van der Waals surface area contributed by atoms with E-state index >= 15 is 0 Å². The zero-order valence-electron chi connectivity index (χ0n) is 15.7. The molecule has 0 heterocycles. The van der Waals surface area contributed by atoms with Gasteiger partial charge in [0.1, 0.15) is 12.4 Å². The fraction of sp³-hybridized carbons (Fsp3) is 0.650. The molecule has 1 aliphatic carbocycles. The number of rotatable bonds is 8. The highest BCUT2D eigenvalue weighted by Gasteiger charge is 2.12. The number of hydrogen-bond acceptors (Lipinski definition) is 3. The van der Waals surface area contributed by atoms with Gasteiger partial charge in [0.05, 0.1) is 13.2 Å². The van der Waals surface area contributed by atoms with Gasteiger partial charge in [0.2, 0.25) is 0 Å². The van der Waals surface area contributed by atoms with E-state index in [0.29, 0.717) is 38.4 Å². The van der Waals surface area contributed by atoms with E-state index in [1.165, 1.54) is 44.1 Å². The van der Waals surface area contributed by atoms with Gasteiger partial charge < -0.3 is 20.5 Å². The molecule has 1 fully saturated rings. The standard InChI is InChI=1S/C20H33N3O2/c1-3-24-12-13-25-19-14-16(2)10-11-17(19)15-22-20(21)23-18-8-6-4-5-7-9-18/h10-11,14,18H,3-9,12-13,15H2,1-2H3,(H3,21,22,23). The summed E-state index contributed by atoms with van der Waals surface area (Å²) in [5.74, 6) is 1.40. The molecule has 1 aromatic rings. The molecule has 0 amide bonds. The Hall–Kier alpha value is -1.75. The topological polar surface area (TPSA) is 68.9 Å². The number of nitrogens with one attached hydrogen (secondary N) is 1. The van der Waals surface area contributed by atoms with E-state index in [9.17, 15) is 0 Å². The molecule has 0 atom stereocenters. The van der Waals surface area contributed by atoms with Crippen molar-refractivity contribution in [1.29, 1.82) is 0 Å². The second-order valence-corrected chi connectivity index (χ2v) is 6.69. The third kappa shape index (κ3) is 7.34. The summed E-state index contributed by atoms with van der Waals surface area (Å²) < 4.78 is 11.2. The largest absolute Gasteiger partial charge is 0.491 e. The Morgan fingerprint density at radius 2 is 1.96 bits per heavy atom. The second kappa shape index (κ2) is 11.0. The zero-order valence-corrected chi connectivity index (χ0v) is 15.7. The van der Waals surface area contributed by atoms with E-state index < -0.39 is 0 Å². The summed E-state index contributed by atoms with van der Waals surface area (Å²) in [6, 6.07) is 6.65. The summed E-state index contributed by atoms with van der Waals surface area (Å²) in [5, 5.41) is 3.39. The minimum atomic E-state index is 0.464. The summed E-state index contributed by atoms with van der Waals surface area (Å²) in [4.78, 5) is 4.53. The normalized spacial score (nSPS) is 16.5. The lowest BCUT2D eigenvalue weighted by molar-refractivity contribution is 0.110. The molecule has 5 nitrogen and oxygen atoms in total. The molecule has 0 aromatic heterocycles. The molecule has 0 unspecified atom stereocenters. The lowest BCUT2D eigenvalue weighted by Gasteiger charge is -2.17. The molecule has 0 bridgehead atoms. The monoisotopic (exact) mass is 347 g/mol. The van der Waals surface area contributed by atoms with Crippen LogP contribution in [0.15, 0.2) is 23.2 Å². The van der Waals surface area contributed by atoms with Crippen molar-refractivity contribution < 1.29 is 9.47 Å². The number of nitrogens with zero attached hydrogens (tertiary/aromatic N) is 1. The highest BCUT2D eigenvalue weighted by Crippen LogP contribution is 2.21. The Balaban J connectivity index is 1.91. The van der Waals surface area contributed by atoms with Crippen LogP contribution in [-0.2, 0) is 11.3 Å².